The monoisotopic (exact) mass is 355 g/mol. The molecule has 1 fully saturated rings. The average molecular weight is 357 g/mol. The maximum absolute atomic E-state index is 5.96. The van der Waals surface area contributed by atoms with Crippen LogP contribution in [0, 0.1) is 0 Å². The summed E-state index contributed by atoms with van der Waals surface area (Å²) in [4.78, 5) is 7.20. The number of nitrogens with zero attached hydrogens (tertiary/aromatic N) is 3. The lowest BCUT2D eigenvalue weighted by atomic mass is 10.1. The van der Waals surface area contributed by atoms with Crippen LogP contribution >= 0.6 is 27.5 Å². The number of rotatable bonds is 3. The van der Waals surface area contributed by atoms with Crippen molar-refractivity contribution in [3.05, 3.63) is 28.5 Å². The number of alkyl halides is 1. The predicted octanol–water partition coefficient (Wildman–Crippen LogP) is 3.85. The zero-order chi connectivity index (χ0) is 14.1. The summed E-state index contributed by atoms with van der Waals surface area (Å²) in [6.45, 7) is 2.29. The summed E-state index contributed by atoms with van der Waals surface area (Å²) in [5.74, 6) is 1.74. The molecule has 2 heterocycles. The number of likely N-dealkylation sites (tertiary alicyclic amines) is 1. The highest BCUT2D eigenvalue weighted by Gasteiger charge is 2.23. The Morgan fingerprint density at radius 3 is 3.05 bits per heavy atom. The number of fused-ring (bicyclic) bond motifs is 1. The van der Waals surface area contributed by atoms with E-state index in [9.17, 15) is 0 Å². The van der Waals surface area contributed by atoms with Crippen molar-refractivity contribution in [2.24, 2.45) is 0 Å². The van der Waals surface area contributed by atoms with Crippen LogP contribution in [0.3, 0.4) is 0 Å². The van der Waals surface area contributed by atoms with Crippen molar-refractivity contribution < 1.29 is 0 Å². The van der Waals surface area contributed by atoms with Gasteiger partial charge in [0, 0.05) is 29.4 Å². The summed E-state index contributed by atoms with van der Waals surface area (Å²) in [5, 5.41) is 0. The number of imidazole rings is 1. The second kappa shape index (κ2) is 6.04. The molecule has 0 saturated carbocycles. The van der Waals surface area contributed by atoms with E-state index in [1.165, 1.54) is 24.9 Å². The van der Waals surface area contributed by atoms with Gasteiger partial charge in [-0.25, -0.2) is 4.98 Å². The minimum Gasteiger partial charge on any atom is -0.324 e. The van der Waals surface area contributed by atoms with Gasteiger partial charge in [-0.3, -0.25) is 0 Å². The predicted molar refractivity (Wildman–Crippen MR) is 87.6 cm³/mol. The van der Waals surface area contributed by atoms with Crippen LogP contribution in [-0.4, -0.2) is 40.5 Å². The summed E-state index contributed by atoms with van der Waals surface area (Å²) in [6, 6.07) is 6.87. The van der Waals surface area contributed by atoms with Crippen LogP contribution in [0.4, 0.5) is 0 Å². The smallest absolute Gasteiger partial charge is 0.111 e. The standard InChI is InChI=1S/C15H19BrClN3/c1-19-8-2-3-12(10-19)20-14-5-4-11(16)9-13(14)18-15(20)6-7-17/h4-5,9,12H,2-3,6-8,10H2,1H3. The number of aryl methyl sites for hydroxylation is 1. The van der Waals surface area contributed by atoms with Gasteiger partial charge in [-0.1, -0.05) is 15.9 Å². The number of aromatic nitrogens is 2. The normalized spacial score (nSPS) is 20.6. The number of hydrogen-bond donors (Lipinski definition) is 0. The molecule has 20 heavy (non-hydrogen) atoms. The van der Waals surface area contributed by atoms with E-state index >= 15 is 0 Å². The fourth-order valence-electron chi connectivity index (χ4n) is 3.14. The van der Waals surface area contributed by atoms with Gasteiger partial charge >= 0.3 is 0 Å². The molecule has 0 radical (unpaired) electrons. The molecule has 0 amide bonds. The quantitative estimate of drug-likeness (QED) is 0.779. The van der Waals surface area contributed by atoms with Crippen LogP contribution in [-0.2, 0) is 6.42 Å². The molecule has 1 aromatic carbocycles. The van der Waals surface area contributed by atoms with E-state index in [-0.39, 0.29) is 0 Å². The number of halogens is 2. The highest BCUT2D eigenvalue weighted by molar-refractivity contribution is 9.10. The van der Waals surface area contributed by atoms with Crippen molar-refractivity contribution in [3.63, 3.8) is 0 Å². The molecule has 3 nitrogen and oxygen atoms in total. The summed E-state index contributed by atoms with van der Waals surface area (Å²) >= 11 is 9.49. The highest BCUT2D eigenvalue weighted by atomic mass is 79.9. The molecule has 1 aromatic heterocycles. The number of hydrogen-bond acceptors (Lipinski definition) is 2. The molecule has 1 aliphatic rings. The van der Waals surface area contributed by atoms with E-state index in [0.29, 0.717) is 11.9 Å². The molecule has 0 aliphatic carbocycles. The molecular weight excluding hydrogens is 338 g/mol. The zero-order valence-corrected chi connectivity index (χ0v) is 14.0. The number of piperidine rings is 1. The molecule has 108 valence electrons. The van der Waals surface area contributed by atoms with Gasteiger partial charge in [0.1, 0.15) is 5.82 Å². The van der Waals surface area contributed by atoms with Gasteiger partial charge in [0.25, 0.3) is 0 Å². The van der Waals surface area contributed by atoms with E-state index in [0.717, 1.165) is 28.8 Å². The fourth-order valence-corrected chi connectivity index (χ4v) is 3.66. The molecule has 0 N–H and O–H groups in total. The van der Waals surface area contributed by atoms with Crippen molar-refractivity contribution in [2.75, 3.05) is 26.0 Å². The molecule has 5 heteroatoms. The van der Waals surface area contributed by atoms with E-state index in [2.05, 4.69) is 50.6 Å². The zero-order valence-electron chi connectivity index (χ0n) is 11.6. The molecule has 3 rings (SSSR count). The number of benzene rings is 1. The van der Waals surface area contributed by atoms with Crippen molar-refractivity contribution in [3.8, 4) is 0 Å². The first kappa shape index (κ1) is 14.4. The summed E-state index contributed by atoms with van der Waals surface area (Å²) < 4.78 is 3.49. The maximum atomic E-state index is 5.96. The largest absolute Gasteiger partial charge is 0.324 e. The first-order chi connectivity index (χ1) is 9.69. The average Bonchev–Trinajstić information content (AvgIpc) is 2.76. The third-order valence-electron chi connectivity index (χ3n) is 4.01. The minimum atomic E-state index is 0.512. The van der Waals surface area contributed by atoms with Crippen molar-refractivity contribution in [1.82, 2.24) is 14.5 Å². The van der Waals surface area contributed by atoms with E-state index in [1.807, 2.05) is 0 Å². The van der Waals surface area contributed by atoms with Crippen molar-refractivity contribution in [1.29, 1.82) is 0 Å². The first-order valence-electron chi connectivity index (χ1n) is 7.10. The number of likely N-dealkylation sites (N-methyl/N-ethyl adjacent to an activating group) is 1. The second-order valence-corrected chi connectivity index (χ2v) is 6.82. The molecule has 1 atom stereocenters. The van der Waals surface area contributed by atoms with Gasteiger partial charge in [-0.2, -0.15) is 0 Å². The third-order valence-corrected chi connectivity index (χ3v) is 4.69. The Labute approximate surface area is 133 Å². The lowest BCUT2D eigenvalue weighted by Gasteiger charge is -2.32. The Morgan fingerprint density at radius 1 is 1.45 bits per heavy atom. The van der Waals surface area contributed by atoms with E-state index < -0.39 is 0 Å². The van der Waals surface area contributed by atoms with Gasteiger partial charge in [0.15, 0.2) is 0 Å². The first-order valence-corrected chi connectivity index (χ1v) is 8.42. The Morgan fingerprint density at radius 2 is 2.30 bits per heavy atom. The lowest BCUT2D eigenvalue weighted by molar-refractivity contribution is 0.212. The highest BCUT2D eigenvalue weighted by Crippen LogP contribution is 2.29. The maximum Gasteiger partial charge on any atom is 0.111 e. The molecule has 0 bridgehead atoms. The van der Waals surface area contributed by atoms with E-state index in [1.54, 1.807) is 0 Å². The van der Waals surface area contributed by atoms with Crippen LogP contribution in [0.2, 0.25) is 0 Å². The molecule has 1 saturated heterocycles. The third kappa shape index (κ3) is 2.74. The van der Waals surface area contributed by atoms with Crippen LogP contribution in [0.25, 0.3) is 11.0 Å². The molecule has 2 aromatic rings. The SMILES string of the molecule is CN1CCCC(n2c(CCCl)nc3cc(Br)ccc32)C1. The summed E-state index contributed by atoms with van der Waals surface area (Å²) in [5.41, 5.74) is 2.29. The second-order valence-electron chi connectivity index (χ2n) is 5.53. The molecule has 0 spiro atoms. The summed E-state index contributed by atoms with van der Waals surface area (Å²) in [6.07, 6.45) is 3.30. The van der Waals surface area contributed by atoms with Crippen LogP contribution in [0.15, 0.2) is 22.7 Å². The van der Waals surface area contributed by atoms with E-state index in [4.69, 9.17) is 16.6 Å². The summed E-state index contributed by atoms with van der Waals surface area (Å²) in [7, 11) is 2.20. The van der Waals surface area contributed by atoms with Gasteiger partial charge in [0.05, 0.1) is 11.0 Å². The Kier molecular flexibility index (Phi) is 4.34. The van der Waals surface area contributed by atoms with Crippen molar-refractivity contribution >= 4 is 38.6 Å². The molecule has 1 aliphatic heterocycles. The molecule has 1 unspecified atom stereocenters. The van der Waals surface area contributed by atoms with Crippen LogP contribution in [0.1, 0.15) is 24.7 Å². The topological polar surface area (TPSA) is 21.1 Å². The van der Waals surface area contributed by atoms with Gasteiger partial charge in [0.2, 0.25) is 0 Å². The Balaban J connectivity index is 2.08. The minimum absolute atomic E-state index is 0.512. The Hall–Kier alpha value is -0.580. The van der Waals surface area contributed by atoms with Crippen LogP contribution < -0.4 is 0 Å². The van der Waals surface area contributed by atoms with Gasteiger partial charge in [-0.05, 0) is 44.6 Å². The van der Waals surface area contributed by atoms with Crippen molar-refractivity contribution in [2.45, 2.75) is 25.3 Å². The van der Waals surface area contributed by atoms with Crippen LogP contribution in [0.5, 0.6) is 0 Å². The molecular formula is C15H19BrClN3. The van der Waals surface area contributed by atoms with Gasteiger partial charge in [-0.15, -0.1) is 11.6 Å². The Bertz CT molecular complexity index is 610. The van der Waals surface area contributed by atoms with Gasteiger partial charge < -0.3 is 9.47 Å². The fraction of sp³-hybridized carbons (Fsp3) is 0.533. The lowest BCUT2D eigenvalue weighted by Crippen LogP contribution is -2.34.